The van der Waals surface area contributed by atoms with Gasteiger partial charge in [-0.2, -0.15) is 0 Å². The fraction of sp³-hybridized carbons (Fsp3) is 0.286. The van der Waals surface area contributed by atoms with Crippen molar-refractivity contribution >= 4 is 28.6 Å². The van der Waals surface area contributed by atoms with Crippen molar-refractivity contribution in [3.05, 3.63) is 82.8 Å². The fourth-order valence-corrected chi connectivity index (χ4v) is 4.70. The molecule has 9 heteroatoms. The molecule has 37 heavy (non-hydrogen) atoms. The zero-order chi connectivity index (χ0) is 25.8. The number of anilines is 2. The Labute approximate surface area is 214 Å². The van der Waals surface area contributed by atoms with Gasteiger partial charge in [0, 0.05) is 25.4 Å². The number of fused-ring (bicyclic) bond motifs is 1. The quantitative estimate of drug-likeness (QED) is 0.414. The summed E-state index contributed by atoms with van der Waals surface area (Å²) in [6, 6.07) is 18.7. The summed E-state index contributed by atoms with van der Waals surface area (Å²) in [5, 5.41) is 2.98. The molecule has 0 radical (unpaired) electrons. The van der Waals surface area contributed by atoms with E-state index < -0.39 is 0 Å². The SMILES string of the molecule is COc1ccc(NC(=O)[C@@H]2CCCN(c3nc4cccnc4n(Cc4ccccc4)c3=O)C2)c(OC)c1. The first kappa shape index (κ1) is 24.3. The third-order valence-corrected chi connectivity index (χ3v) is 6.63. The molecule has 0 saturated carbocycles. The first-order valence-corrected chi connectivity index (χ1v) is 12.2. The van der Waals surface area contributed by atoms with E-state index in [0.717, 1.165) is 12.0 Å². The Morgan fingerprint density at radius 2 is 1.92 bits per heavy atom. The van der Waals surface area contributed by atoms with Crippen molar-refractivity contribution in [1.29, 1.82) is 0 Å². The molecule has 2 aromatic heterocycles. The Morgan fingerprint density at radius 1 is 1.08 bits per heavy atom. The number of hydrogen-bond donors (Lipinski definition) is 1. The highest BCUT2D eigenvalue weighted by molar-refractivity contribution is 5.94. The van der Waals surface area contributed by atoms with Crippen molar-refractivity contribution in [2.45, 2.75) is 19.4 Å². The third kappa shape index (κ3) is 5.11. The largest absolute Gasteiger partial charge is 0.497 e. The minimum absolute atomic E-state index is 0.125. The molecular weight excluding hydrogens is 470 g/mol. The van der Waals surface area contributed by atoms with Gasteiger partial charge in [0.05, 0.1) is 32.4 Å². The van der Waals surface area contributed by atoms with Crippen LogP contribution in [0.25, 0.3) is 11.2 Å². The lowest BCUT2D eigenvalue weighted by atomic mass is 9.97. The molecule has 4 aromatic rings. The summed E-state index contributed by atoms with van der Waals surface area (Å²) in [6.07, 6.45) is 3.15. The number of piperidine rings is 1. The summed E-state index contributed by atoms with van der Waals surface area (Å²) in [5.41, 5.74) is 2.54. The maximum absolute atomic E-state index is 13.7. The molecule has 3 heterocycles. The summed E-state index contributed by atoms with van der Waals surface area (Å²) in [7, 11) is 3.13. The normalized spacial score (nSPS) is 15.4. The number of hydrogen-bond acceptors (Lipinski definition) is 7. The fourth-order valence-electron chi connectivity index (χ4n) is 4.70. The lowest BCUT2D eigenvalue weighted by molar-refractivity contribution is -0.120. The average Bonchev–Trinajstić information content (AvgIpc) is 2.95. The van der Waals surface area contributed by atoms with Crippen LogP contribution in [0.1, 0.15) is 18.4 Å². The molecule has 0 bridgehead atoms. The highest BCUT2D eigenvalue weighted by atomic mass is 16.5. The molecule has 5 rings (SSSR count). The molecule has 1 atom stereocenters. The number of nitrogens with one attached hydrogen (secondary N) is 1. The van der Waals surface area contributed by atoms with Crippen molar-refractivity contribution in [1.82, 2.24) is 14.5 Å². The Hall–Kier alpha value is -4.40. The minimum atomic E-state index is -0.311. The van der Waals surface area contributed by atoms with Gasteiger partial charge in [-0.25, -0.2) is 9.97 Å². The van der Waals surface area contributed by atoms with E-state index in [2.05, 4.69) is 15.3 Å². The molecule has 1 aliphatic heterocycles. The standard InChI is InChI=1S/C28H29N5O4/c1-36-21-12-13-22(24(16-21)37-2)31-27(34)20-10-7-15-32(18-20)26-28(35)33(17-19-8-4-3-5-9-19)25-23(30-26)11-6-14-29-25/h3-6,8-9,11-14,16,20H,7,10,15,17-18H2,1-2H3,(H,31,34)/t20-/m1/s1. The van der Waals surface area contributed by atoms with Crippen molar-refractivity contribution in [2.75, 3.05) is 37.5 Å². The van der Waals surface area contributed by atoms with Gasteiger partial charge in [0.15, 0.2) is 11.5 Å². The number of carbonyl (C=O) groups excluding carboxylic acids is 1. The molecule has 9 nitrogen and oxygen atoms in total. The van der Waals surface area contributed by atoms with Gasteiger partial charge in [-0.3, -0.25) is 14.2 Å². The summed E-state index contributed by atoms with van der Waals surface area (Å²) < 4.78 is 12.3. The van der Waals surface area contributed by atoms with Gasteiger partial charge in [-0.1, -0.05) is 30.3 Å². The Bertz CT molecular complexity index is 1470. The number of rotatable bonds is 7. The highest BCUT2D eigenvalue weighted by Gasteiger charge is 2.29. The van der Waals surface area contributed by atoms with Crippen LogP contribution in [0.5, 0.6) is 11.5 Å². The molecule has 1 saturated heterocycles. The van der Waals surface area contributed by atoms with Crippen LogP contribution in [-0.2, 0) is 11.3 Å². The summed E-state index contributed by atoms with van der Waals surface area (Å²) in [4.78, 5) is 38.0. The van der Waals surface area contributed by atoms with E-state index in [1.54, 1.807) is 43.2 Å². The molecule has 0 unspecified atom stereocenters. The molecule has 190 valence electrons. The number of aromatic nitrogens is 3. The highest BCUT2D eigenvalue weighted by Crippen LogP contribution is 2.30. The second-order valence-electron chi connectivity index (χ2n) is 9.00. The van der Waals surface area contributed by atoms with Gasteiger partial charge in [0.1, 0.15) is 17.0 Å². The van der Waals surface area contributed by atoms with Crippen LogP contribution >= 0.6 is 0 Å². The molecule has 1 fully saturated rings. The number of ether oxygens (including phenoxy) is 2. The molecule has 1 aliphatic rings. The van der Waals surface area contributed by atoms with Gasteiger partial charge in [0.2, 0.25) is 5.91 Å². The zero-order valence-corrected chi connectivity index (χ0v) is 20.9. The Morgan fingerprint density at radius 3 is 2.70 bits per heavy atom. The summed E-state index contributed by atoms with van der Waals surface area (Å²) in [6.45, 7) is 1.43. The maximum Gasteiger partial charge on any atom is 0.295 e. The van der Waals surface area contributed by atoms with E-state index in [9.17, 15) is 9.59 Å². The number of carbonyl (C=O) groups is 1. The van der Waals surface area contributed by atoms with Gasteiger partial charge < -0.3 is 19.7 Å². The summed E-state index contributed by atoms with van der Waals surface area (Å²) in [5.74, 6) is 1.07. The number of nitrogens with zero attached hydrogens (tertiary/aromatic N) is 4. The third-order valence-electron chi connectivity index (χ3n) is 6.63. The van der Waals surface area contributed by atoms with Gasteiger partial charge in [0.25, 0.3) is 5.56 Å². The van der Waals surface area contributed by atoms with Crippen LogP contribution in [-0.4, -0.2) is 47.8 Å². The molecule has 1 N–H and O–H groups in total. The van der Waals surface area contributed by atoms with E-state index in [1.807, 2.05) is 47.4 Å². The molecule has 0 aliphatic carbocycles. The maximum atomic E-state index is 13.7. The predicted octanol–water partition coefficient (Wildman–Crippen LogP) is 3.71. The topological polar surface area (TPSA) is 98.6 Å². The van der Waals surface area contributed by atoms with E-state index >= 15 is 0 Å². The van der Waals surface area contributed by atoms with Crippen LogP contribution in [0.3, 0.4) is 0 Å². The minimum Gasteiger partial charge on any atom is -0.497 e. The Kier molecular flexibility index (Phi) is 7.02. The second-order valence-corrected chi connectivity index (χ2v) is 9.00. The van der Waals surface area contributed by atoms with E-state index in [-0.39, 0.29) is 17.4 Å². The first-order chi connectivity index (χ1) is 18.1. The lowest BCUT2D eigenvalue weighted by Crippen LogP contribution is -2.44. The first-order valence-electron chi connectivity index (χ1n) is 12.2. The number of pyridine rings is 1. The van der Waals surface area contributed by atoms with Gasteiger partial charge in [-0.05, 0) is 42.7 Å². The number of methoxy groups -OCH3 is 2. The average molecular weight is 500 g/mol. The van der Waals surface area contributed by atoms with Gasteiger partial charge in [-0.15, -0.1) is 0 Å². The molecule has 2 aromatic carbocycles. The van der Waals surface area contributed by atoms with Crippen LogP contribution in [0.4, 0.5) is 11.5 Å². The van der Waals surface area contributed by atoms with Crippen molar-refractivity contribution in [2.24, 2.45) is 5.92 Å². The predicted molar refractivity (Wildman–Crippen MR) is 142 cm³/mol. The van der Waals surface area contributed by atoms with Gasteiger partial charge >= 0.3 is 0 Å². The van der Waals surface area contributed by atoms with Crippen molar-refractivity contribution in [3.63, 3.8) is 0 Å². The van der Waals surface area contributed by atoms with E-state index in [4.69, 9.17) is 9.47 Å². The van der Waals surface area contributed by atoms with Crippen LogP contribution in [0, 0.1) is 5.92 Å². The van der Waals surface area contributed by atoms with Crippen molar-refractivity contribution < 1.29 is 14.3 Å². The summed E-state index contributed by atoms with van der Waals surface area (Å²) >= 11 is 0. The smallest absolute Gasteiger partial charge is 0.295 e. The van der Waals surface area contributed by atoms with Crippen LogP contribution in [0.15, 0.2) is 71.7 Å². The number of benzene rings is 2. The monoisotopic (exact) mass is 499 g/mol. The second kappa shape index (κ2) is 10.7. The Balaban J connectivity index is 1.42. The van der Waals surface area contributed by atoms with E-state index in [1.165, 1.54) is 0 Å². The molecular formula is C28H29N5O4. The van der Waals surface area contributed by atoms with Crippen LogP contribution in [0.2, 0.25) is 0 Å². The molecule has 1 amide bonds. The number of amides is 1. The van der Waals surface area contributed by atoms with E-state index in [0.29, 0.717) is 60.2 Å². The molecule has 0 spiro atoms. The zero-order valence-electron chi connectivity index (χ0n) is 20.9. The lowest BCUT2D eigenvalue weighted by Gasteiger charge is -2.32. The van der Waals surface area contributed by atoms with Crippen LogP contribution < -0.4 is 25.2 Å². The van der Waals surface area contributed by atoms with Crippen molar-refractivity contribution in [3.8, 4) is 11.5 Å².